The Hall–Kier alpha value is -1.54. The molecule has 0 saturated heterocycles. The van der Waals surface area contributed by atoms with E-state index in [4.69, 9.17) is 4.74 Å². The van der Waals surface area contributed by atoms with Gasteiger partial charge in [0, 0.05) is 0 Å². The van der Waals surface area contributed by atoms with Crippen molar-refractivity contribution < 1.29 is 17.9 Å². The molecular weight excluding hydrogens is 441 g/mol. The second-order valence-electron chi connectivity index (χ2n) is 4.47. The quantitative estimate of drug-likeness (QED) is 0.478. The van der Waals surface area contributed by atoms with Crippen LogP contribution in [0.15, 0.2) is 50.4 Å². The van der Waals surface area contributed by atoms with Crippen LogP contribution in [0.1, 0.15) is 11.1 Å². The molecule has 0 amide bonds. The third-order valence-corrected chi connectivity index (χ3v) is 4.00. The highest BCUT2D eigenvalue weighted by atomic mass is 79.9. The first-order valence-electron chi connectivity index (χ1n) is 6.30. The van der Waals surface area contributed by atoms with Crippen molar-refractivity contribution in [2.75, 3.05) is 12.5 Å². The van der Waals surface area contributed by atoms with Gasteiger partial charge >= 0.3 is 6.18 Å². The van der Waals surface area contributed by atoms with E-state index >= 15 is 0 Å². The van der Waals surface area contributed by atoms with E-state index in [-0.39, 0.29) is 5.69 Å². The van der Waals surface area contributed by atoms with E-state index < -0.39 is 11.7 Å². The minimum absolute atomic E-state index is 0.253. The zero-order valence-corrected chi connectivity index (χ0v) is 15.0. The van der Waals surface area contributed by atoms with Crippen molar-refractivity contribution in [3.05, 3.63) is 56.5 Å². The Morgan fingerprint density at radius 2 is 1.78 bits per heavy atom. The molecule has 0 atom stereocenters. The summed E-state index contributed by atoms with van der Waals surface area (Å²) in [7, 11) is 1.55. The minimum atomic E-state index is -4.38. The number of benzene rings is 2. The number of nitrogens with one attached hydrogen (secondary N) is 1. The van der Waals surface area contributed by atoms with Gasteiger partial charge in [-0.1, -0.05) is 6.07 Å². The second kappa shape index (κ2) is 7.35. The van der Waals surface area contributed by atoms with Gasteiger partial charge < -0.3 is 4.74 Å². The van der Waals surface area contributed by atoms with Crippen LogP contribution >= 0.6 is 31.9 Å². The summed E-state index contributed by atoms with van der Waals surface area (Å²) in [4.78, 5) is 0. The summed E-state index contributed by atoms with van der Waals surface area (Å²) in [5, 5.41) is 3.95. The average Bonchev–Trinajstić information content (AvgIpc) is 2.46. The SMILES string of the molecule is COc1c(Br)cc(C=NNc2cccc(C(F)(F)F)c2)cc1Br. The minimum Gasteiger partial charge on any atom is -0.494 e. The van der Waals surface area contributed by atoms with E-state index in [9.17, 15) is 13.2 Å². The number of alkyl halides is 3. The lowest BCUT2D eigenvalue weighted by Crippen LogP contribution is -2.05. The molecule has 122 valence electrons. The van der Waals surface area contributed by atoms with Crippen molar-refractivity contribution in [2.45, 2.75) is 6.18 Å². The third kappa shape index (κ3) is 4.71. The molecule has 0 aliphatic heterocycles. The molecule has 0 fully saturated rings. The Balaban J connectivity index is 2.14. The Kier molecular flexibility index (Phi) is 5.69. The normalized spacial score (nSPS) is 11.7. The number of hydrogen-bond donors (Lipinski definition) is 1. The molecule has 0 heterocycles. The fourth-order valence-corrected chi connectivity index (χ4v) is 3.34. The molecule has 0 unspecified atom stereocenters. The lowest BCUT2D eigenvalue weighted by molar-refractivity contribution is -0.137. The molecule has 0 radical (unpaired) electrons. The molecule has 0 aliphatic carbocycles. The van der Waals surface area contributed by atoms with E-state index in [1.807, 2.05) is 0 Å². The largest absolute Gasteiger partial charge is 0.494 e. The van der Waals surface area contributed by atoms with Crippen LogP contribution in [-0.4, -0.2) is 13.3 Å². The fraction of sp³-hybridized carbons (Fsp3) is 0.133. The highest BCUT2D eigenvalue weighted by Crippen LogP contribution is 2.34. The maximum absolute atomic E-state index is 12.6. The highest BCUT2D eigenvalue weighted by Gasteiger charge is 2.30. The summed E-state index contributed by atoms with van der Waals surface area (Å²) < 4.78 is 44.5. The van der Waals surface area contributed by atoms with Gasteiger partial charge in [0.15, 0.2) is 0 Å². The first-order valence-corrected chi connectivity index (χ1v) is 7.89. The maximum Gasteiger partial charge on any atom is 0.416 e. The zero-order chi connectivity index (χ0) is 17.0. The number of hydrazone groups is 1. The van der Waals surface area contributed by atoms with Gasteiger partial charge in [0.05, 0.1) is 33.5 Å². The first kappa shape index (κ1) is 17.8. The summed E-state index contributed by atoms with van der Waals surface area (Å²) in [5.41, 5.74) is 2.84. The summed E-state index contributed by atoms with van der Waals surface area (Å²) in [6.45, 7) is 0. The molecule has 2 rings (SSSR count). The van der Waals surface area contributed by atoms with Crippen LogP contribution in [0.3, 0.4) is 0 Å². The van der Waals surface area contributed by atoms with Crippen molar-refractivity contribution in [2.24, 2.45) is 5.10 Å². The van der Waals surface area contributed by atoms with Gasteiger partial charge in [0.25, 0.3) is 0 Å². The number of anilines is 1. The Labute approximate surface area is 147 Å². The number of rotatable bonds is 4. The van der Waals surface area contributed by atoms with Crippen LogP contribution < -0.4 is 10.2 Å². The molecule has 0 aliphatic rings. The molecule has 8 heteroatoms. The van der Waals surface area contributed by atoms with Crippen molar-refractivity contribution in [3.8, 4) is 5.75 Å². The number of methoxy groups -OCH3 is 1. The number of ether oxygens (including phenoxy) is 1. The predicted octanol–water partition coefficient (Wildman–Crippen LogP) is 5.69. The maximum atomic E-state index is 12.6. The van der Waals surface area contributed by atoms with Crippen molar-refractivity contribution >= 4 is 43.8 Å². The smallest absolute Gasteiger partial charge is 0.416 e. The number of hydrogen-bond acceptors (Lipinski definition) is 3. The standard InChI is InChI=1S/C15H11Br2F3N2O/c1-23-14-12(16)5-9(6-13(14)17)8-21-22-11-4-2-3-10(7-11)15(18,19)20/h2-8,22H,1H3. The van der Waals surface area contributed by atoms with E-state index in [0.717, 1.165) is 26.6 Å². The Bertz CT molecular complexity index is 710. The van der Waals surface area contributed by atoms with Crippen LogP contribution in [0.2, 0.25) is 0 Å². The van der Waals surface area contributed by atoms with E-state index in [0.29, 0.717) is 5.75 Å². The van der Waals surface area contributed by atoms with Gasteiger partial charge in [-0.15, -0.1) is 0 Å². The number of halogens is 5. The first-order chi connectivity index (χ1) is 10.8. The molecule has 0 aromatic heterocycles. The van der Waals surface area contributed by atoms with Gasteiger partial charge in [0.1, 0.15) is 5.75 Å². The van der Waals surface area contributed by atoms with Crippen molar-refractivity contribution in [3.63, 3.8) is 0 Å². The van der Waals surface area contributed by atoms with Gasteiger partial charge in [-0.3, -0.25) is 5.43 Å². The van der Waals surface area contributed by atoms with E-state index in [2.05, 4.69) is 42.4 Å². The lowest BCUT2D eigenvalue weighted by Gasteiger charge is -2.08. The molecule has 2 aromatic carbocycles. The van der Waals surface area contributed by atoms with Crippen LogP contribution in [-0.2, 0) is 6.18 Å². The van der Waals surface area contributed by atoms with Crippen molar-refractivity contribution in [1.82, 2.24) is 0 Å². The van der Waals surface area contributed by atoms with Crippen LogP contribution in [0.4, 0.5) is 18.9 Å². The van der Waals surface area contributed by atoms with Crippen molar-refractivity contribution in [1.29, 1.82) is 0 Å². The fourth-order valence-electron chi connectivity index (χ4n) is 1.80. The molecule has 23 heavy (non-hydrogen) atoms. The van der Waals surface area contributed by atoms with Gasteiger partial charge in [-0.2, -0.15) is 18.3 Å². The van der Waals surface area contributed by atoms with E-state index in [1.165, 1.54) is 18.3 Å². The van der Waals surface area contributed by atoms with Crippen LogP contribution in [0.25, 0.3) is 0 Å². The topological polar surface area (TPSA) is 33.6 Å². The molecule has 3 nitrogen and oxygen atoms in total. The predicted molar refractivity (Wildman–Crippen MR) is 91.1 cm³/mol. The second-order valence-corrected chi connectivity index (χ2v) is 6.18. The molecule has 1 N–H and O–H groups in total. The summed E-state index contributed by atoms with van der Waals surface area (Å²) in [5.74, 6) is 0.646. The number of nitrogens with zero attached hydrogens (tertiary/aromatic N) is 1. The molecular formula is C15H11Br2F3N2O. The lowest BCUT2D eigenvalue weighted by atomic mass is 10.2. The monoisotopic (exact) mass is 450 g/mol. The van der Waals surface area contributed by atoms with Crippen LogP contribution in [0, 0.1) is 0 Å². The van der Waals surface area contributed by atoms with Gasteiger partial charge in [-0.05, 0) is 67.8 Å². The molecule has 0 saturated carbocycles. The third-order valence-electron chi connectivity index (χ3n) is 2.82. The Morgan fingerprint density at radius 3 is 2.35 bits per heavy atom. The van der Waals surface area contributed by atoms with Gasteiger partial charge in [0.2, 0.25) is 0 Å². The summed E-state index contributed by atoms with van der Waals surface area (Å²) >= 11 is 6.73. The highest BCUT2D eigenvalue weighted by molar-refractivity contribution is 9.11. The Morgan fingerprint density at radius 1 is 1.13 bits per heavy atom. The van der Waals surface area contributed by atoms with Crippen LogP contribution in [0.5, 0.6) is 5.75 Å². The molecule has 2 aromatic rings. The van der Waals surface area contributed by atoms with Gasteiger partial charge in [-0.25, -0.2) is 0 Å². The summed E-state index contributed by atoms with van der Waals surface area (Å²) in [6.07, 6.45) is -2.89. The average molecular weight is 452 g/mol. The molecule has 0 spiro atoms. The molecule has 0 bridgehead atoms. The zero-order valence-electron chi connectivity index (χ0n) is 11.8. The summed E-state index contributed by atoms with van der Waals surface area (Å²) in [6, 6.07) is 8.39. The van der Waals surface area contributed by atoms with E-state index in [1.54, 1.807) is 19.2 Å².